The molecule has 2 aromatic carbocycles. The summed E-state index contributed by atoms with van der Waals surface area (Å²) in [6.45, 7) is 1.06. The van der Waals surface area contributed by atoms with Crippen molar-refractivity contribution in [2.45, 2.75) is 6.29 Å². The Kier molecular flexibility index (Phi) is 5.61. The molecule has 0 saturated heterocycles. The number of carbonyl (C=O) groups is 1. The summed E-state index contributed by atoms with van der Waals surface area (Å²) in [5, 5.41) is 5.00. The van der Waals surface area contributed by atoms with Crippen LogP contribution in [0, 0.1) is 0 Å². The maximum atomic E-state index is 13.4. The summed E-state index contributed by atoms with van der Waals surface area (Å²) in [6, 6.07) is 9.07. The third-order valence-corrected chi connectivity index (χ3v) is 4.92. The van der Waals surface area contributed by atoms with Crippen LogP contribution >= 0.6 is 11.6 Å². The molecular formula is C20H19ClF2N4O4. The Bertz CT molecular complexity index is 1060. The molecule has 31 heavy (non-hydrogen) atoms. The van der Waals surface area contributed by atoms with Crippen molar-refractivity contribution in [1.82, 2.24) is 10.4 Å². The van der Waals surface area contributed by atoms with Gasteiger partial charge in [-0.3, -0.25) is 4.79 Å². The van der Waals surface area contributed by atoms with Crippen LogP contribution in [0.3, 0.4) is 0 Å². The number of anilines is 1. The highest BCUT2D eigenvalue weighted by atomic mass is 35.5. The van der Waals surface area contributed by atoms with Gasteiger partial charge in [0.15, 0.2) is 11.5 Å². The molecule has 0 aromatic heterocycles. The normalized spacial score (nSPS) is 16.6. The molecular weight excluding hydrogens is 434 g/mol. The van der Waals surface area contributed by atoms with E-state index >= 15 is 0 Å². The van der Waals surface area contributed by atoms with Crippen LogP contribution in [0.5, 0.6) is 17.2 Å². The summed E-state index contributed by atoms with van der Waals surface area (Å²) < 4.78 is 41.5. The number of fused-ring (bicyclic) bond motifs is 1. The van der Waals surface area contributed by atoms with Crippen LogP contribution in [0.2, 0.25) is 0 Å². The number of alkyl halides is 2. The second kappa shape index (κ2) is 8.22. The smallest absolute Gasteiger partial charge is 0.492 e. The number of amides is 1. The highest BCUT2D eigenvalue weighted by Gasteiger charge is 2.45. The van der Waals surface area contributed by atoms with Crippen molar-refractivity contribution in [1.29, 1.82) is 0 Å². The lowest BCUT2D eigenvalue weighted by molar-refractivity contribution is -0.286. The molecule has 0 radical (unpaired) electrons. The van der Waals surface area contributed by atoms with Crippen LogP contribution in [0.25, 0.3) is 5.70 Å². The molecule has 2 aromatic rings. The molecule has 0 saturated carbocycles. The molecule has 0 bridgehead atoms. The average molecular weight is 453 g/mol. The minimum Gasteiger partial charge on any atom is -0.492 e. The lowest BCUT2D eigenvalue weighted by atomic mass is 10.1. The fraction of sp³-hybridized carbons (Fsp3) is 0.250. The van der Waals surface area contributed by atoms with E-state index in [-0.39, 0.29) is 17.1 Å². The zero-order chi connectivity index (χ0) is 22.2. The van der Waals surface area contributed by atoms with Gasteiger partial charge in [-0.2, -0.15) is 0 Å². The maximum Gasteiger partial charge on any atom is 0.586 e. The molecule has 164 valence electrons. The van der Waals surface area contributed by atoms with Crippen molar-refractivity contribution in [3.05, 3.63) is 52.6 Å². The Morgan fingerprint density at radius 3 is 2.87 bits per heavy atom. The minimum absolute atomic E-state index is 0.0865. The molecule has 1 amide bonds. The topological polar surface area (TPSA) is 98.1 Å². The SMILES string of the molecule is CN1NCC(Cl)=C1c1cc(NC(=O)c2cccc3c2OC(F)(F)O3)ccc1OCCN. The van der Waals surface area contributed by atoms with Crippen molar-refractivity contribution in [2.75, 3.05) is 32.1 Å². The predicted octanol–water partition coefficient (Wildman–Crippen LogP) is 2.96. The monoisotopic (exact) mass is 452 g/mol. The fourth-order valence-electron chi connectivity index (χ4n) is 3.29. The van der Waals surface area contributed by atoms with Crippen LogP contribution in [-0.4, -0.2) is 44.0 Å². The molecule has 11 heteroatoms. The quantitative estimate of drug-likeness (QED) is 0.620. The van der Waals surface area contributed by atoms with E-state index in [9.17, 15) is 13.6 Å². The number of hydrogen-bond acceptors (Lipinski definition) is 7. The molecule has 0 fully saturated rings. The van der Waals surface area contributed by atoms with E-state index in [1.165, 1.54) is 18.2 Å². The van der Waals surface area contributed by atoms with Gasteiger partial charge in [0, 0.05) is 24.8 Å². The number of nitrogens with one attached hydrogen (secondary N) is 2. The summed E-state index contributed by atoms with van der Waals surface area (Å²) in [4.78, 5) is 12.8. The molecule has 0 atom stereocenters. The summed E-state index contributed by atoms with van der Waals surface area (Å²) >= 11 is 6.36. The van der Waals surface area contributed by atoms with Crippen LogP contribution in [0.4, 0.5) is 14.5 Å². The number of carbonyl (C=O) groups excluding carboxylic acids is 1. The first-order chi connectivity index (χ1) is 14.8. The van der Waals surface area contributed by atoms with Gasteiger partial charge in [-0.15, -0.1) is 8.78 Å². The van der Waals surface area contributed by atoms with Gasteiger partial charge >= 0.3 is 6.29 Å². The maximum absolute atomic E-state index is 13.4. The first-order valence-electron chi connectivity index (χ1n) is 9.32. The van der Waals surface area contributed by atoms with Crippen molar-refractivity contribution < 1.29 is 27.8 Å². The highest BCUT2D eigenvalue weighted by molar-refractivity contribution is 6.33. The molecule has 2 aliphatic rings. The number of hydrazine groups is 1. The Labute approximate surface area is 181 Å². The van der Waals surface area contributed by atoms with E-state index in [1.54, 1.807) is 30.3 Å². The lowest BCUT2D eigenvalue weighted by Crippen LogP contribution is -2.27. The van der Waals surface area contributed by atoms with Crippen molar-refractivity contribution in [2.24, 2.45) is 5.73 Å². The van der Waals surface area contributed by atoms with E-state index in [0.717, 1.165) is 0 Å². The van der Waals surface area contributed by atoms with Gasteiger partial charge in [-0.1, -0.05) is 17.7 Å². The van der Waals surface area contributed by atoms with Gasteiger partial charge in [0.05, 0.1) is 22.8 Å². The zero-order valence-electron chi connectivity index (χ0n) is 16.4. The van der Waals surface area contributed by atoms with Crippen molar-refractivity contribution in [3.63, 3.8) is 0 Å². The molecule has 2 heterocycles. The second-order valence-corrected chi connectivity index (χ2v) is 7.21. The van der Waals surface area contributed by atoms with E-state index in [2.05, 4.69) is 20.2 Å². The molecule has 2 aliphatic heterocycles. The van der Waals surface area contributed by atoms with Gasteiger partial charge in [-0.05, 0) is 30.3 Å². The fourth-order valence-corrected chi connectivity index (χ4v) is 3.58. The Hall–Kier alpha value is -3.08. The summed E-state index contributed by atoms with van der Waals surface area (Å²) in [5.41, 5.74) is 10.3. The van der Waals surface area contributed by atoms with Gasteiger partial charge in [0.1, 0.15) is 12.4 Å². The first-order valence-corrected chi connectivity index (χ1v) is 9.70. The number of nitrogens with zero attached hydrogens (tertiary/aromatic N) is 1. The third kappa shape index (κ3) is 4.22. The number of para-hydroxylation sites is 1. The molecule has 0 spiro atoms. The number of ether oxygens (including phenoxy) is 3. The first kappa shape index (κ1) is 21.2. The molecule has 4 rings (SSSR count). The summed E-state index contributed by atoms with van der Waals surface area (Å²) in [5.74, 6) is -0.639. The van der Waals surface area contributed by atoms with E-state index in [1.807, 2.05) is 0 Å². The van der Waals surface area contributed by atoms with Crippen LogP contribution in [0.15, 0.2) is 41.4 Å². The van der Waals surface area contributed by atoms with Crippen molar-refractivity contribution in [3.8, 4) is 17.2 Å². The molecule has 8 nitrogen and oxygen atoms in total. The number of nitrogens with two attached hydrogens (primary N) is 1. The van der Waals surface area contributed by atoms with Gasteiger partial charge < -0.3 is 30.3 Å². The Morgan fingerprint density at radius 1 is 1.35 bits per heavy atom. The van der Waals surface area contributed by atoms with Gasteiger partial charge in [0.2, 0.25) is 0 Å². The highest BCUT2D eigenvalue weighted by Crippen LogP contribution is 2.43. The third-order valence-electron chi connectivity index (χ3n) is 4.60. The molecule has 0 aliphatic carbocycles. The summed E-state index contributed by atoms with van der Waals surface area (Å²) in [7, 11) is 1.80. The van der Waals surface area contributed by atoms with Crippen LogP contribution in [0.1, 0.15) is 15.9 Å². The largest absolute Gasteiger partial charge is 0.586 e. The van der Waals surface area contributed by atoms with Crippen LogP contribution in [-0.2, 0) is 0 Å². The van der Waals surface area contributed by atoms with E-state index in [4.69, 9.17) is 22.1 Å². The second-order valence-electron chi connectivity index (χ2n) is 6.75. The van der Waals surface area contributed by atoms with Crippen LogP contribution < -0.4 is 30.7 Å². The van der Waals surface area contributed by atoms with Crippen molar-refractivity contribution >= 4 is 28.9 Å². The minimum atomic E-state index is -3.82. The van der Waals surface area contributed by atoms with Gasteiger partial charge in [-0.25, -0.2) is 5.43 Å². The number of rotatable bonds is 6. The summed E-state index contributed by atoms with van der Waals surface area (Å²) in [6.07, 6.45) is -3.82. The zero-order valence-corrected chi connectivity index (χ0v) is 17.1. The van der Waals surface area contributed by atoms with Gasteiger partial charge in [0.25, 0.3) is 5.91 Å². The number of halogens is 3. The number of benzene rings is 2. The molecule has 4 N–H and O–H groups in total. The Morgan fingerprint density at radius 2 is 2.16 bits per heavy atom. The van der Waals surface area contributed by atoms with E-state index < -0.39 is 12.2 Å². The Balaban J connectivity index is 1.65. The predicted molar refractivity (Wildman–Crippen MR) is 110 cm³/mol. The standard InChI is InChI=1S/C20H19ClF2N4O4/c1-27-17(14(21)10-25-27)13-9-11(5-6-15(13)29-8-7-24)26-19(28)12-3-2-4-16-18(12)31-20(22,23)30-16/h2-6,9,25H,7-8,10,24H2,1H3,(H,26,28). The molecule has 0 unspecified atom stereocenters. The number of hydrogen-bond donors (Lipinski definition) is 3. The average Bonchev–Trinajstić information content (AvgIpc) is 3.23. The lowest BCUT2D eigenvalue weighted by Gasteiger charge is -2.20. The van der Waals surface area contributed by atoms with E-state index in [0.29, 0.717) is 47.4 Å².